The van der Waals surface area contributed by atoms with Crippen molar-refractivity contribution in [2.24, 2.45) is 0 Å². The molecule has 1 saturated heterocycles. The van der Waals surface area contributed by atoms with E-state index in [1.165, 1.54) is 4.90 Å². The molecule has 1 atom stereocenters. The number of nitrogens with zero attached hydrogens (tertiary/aromatic N) is 2. The minimum Gasteiger partial charge on any atom is -0.480 e. The van der Waals surface area contributed by atoms with Crippen LogP contribution in [0.4, 0.5) is 24.5 Å². The van der Waals surface area contributed by atoms with E-state index in [2.05, 4.69) is 0 Å². The Morgan fingerprint density at radius 2 is 2.10 bits per heavy atom. The van der Waals surface area contributed by atoms with Crippen molar-refractivity contribution in [2.45, 2.75) is 25.1 Å². The standard InChI is InChI=1S/C12H11F3N2O4/c13-12(14,15)8-6-7(3-4-9(8)17(20)21)16-5-1-2-10(16)11(18)19/h3-4,6,10H,1-2,5H2,(H,18,19). The smallest absolute Gasteiger partial charge is 0.423 e. The average molecular weight is 304 g/mol. The van der Waals surface area contributed by atoms with Crippen molar-refractivity contribution in [3.63, 3.8) is 0 Å². The Balaban J connectivity index is 2.47. The topological polar surface area (TPSA) is 83.7 Å². The lowest BCUT2D eigenvalue weighted by Crippen LogP contribution is -2.36. The lowest BCUT2D eigenvalue weighted by Gasteiger charge is -2.24. The highest BCUT2D eigenvalue weighted by Crippen LogP contribution is 2.39. The third-order valence-electron chi connectivity index (χ3n) is 3.35. The third kappa shape index (κ3) is 2.91. The summed E-state index contributed by atoms with van der Waals surface area (Å²) in [5, 5.41) is 19.7. The number of halogens is 3. The first-order valence-corrected chi connectivity index (χ1v) is 6.07. The number of alkyl halides is 3. The van der Waals surface area contributed by atoms with Crippen molar-refractivity contribution >= 4 is 17.3 Å². The van der Waals surface area contributed by atoms with E-state index in [4.69, 9.17) is 5.11 Å². The fraction of sp³-hybridized carbons (Fsp3) is 0.417. The number of hydrogen-bond donors (Lipinski definition) is 1. The molecule has 0 bridgehead atoms. The molecule has 1 unspecified atom stereocenters. The van der Waals surface area contributed by atoms with E-state index in [1.54, 1.807) is 0 Å². The van der Waals surface area contributed by atoms with Crippen LogP contribution < -0.4 is 4.90 Å². The molecule has 9 heteroatoms. The van der Waals surface area contributed by atoms with Gasteiger partial charge in [0.15, 0.2) is 0 Å². The summed E-state index contributed by atoms with van der Waals surface area (Å²) in [5.74, 6) is -1.13. The highest BCUT2D eigenvalue weighted by Gasteiger charge is 2.40. The van der Waals surface area contributed by atoms with Gasteiger partial charge in [-0.15, -0.1) is 0 Å². The van der Waals surface area contributed by atoms with Crippen molar-refractivity contribution in [1.82, 2.24) is 0 Å². The summed E-state index contributed by atoms with van der Waals surface area (Å²) in [6.45, 7) is 0.298. The van der Waals surface area contributed by atoms with Gasteiger partial charge in [0.2, 0.25) is 0 Å². The molecule has 0 spiro atoms. The van der Waals surface area contributed by atoms with Gasteiger partial charge in [-0.2, -0.15) is 13.2 Å². The lowest BCUT2D eigenvalue weighted by molar-refractivity contribution is -0.388. The second-order valence-corrected chi connectivity index (χ2v) is 4.65. The van der Waals surface area contributed by atoms with Gasteiger partial charge in [-0.25, -0.2) is 4.79 Å². The molecule has 1 fully saturated rings. The van der Waals surface area contributed by atoms with Gasteiger partial charge in [-0.1, -0.05) is 0 Å². The number of carbonyl (C=O) groups is 1. The molecule has 6 nitrogen and oxygen atoms in total. The van der Waals surface area contributed by atoms with Crippen LogP contribution in [0.5, 0.6) is 0 Å². The predicted octanol–water partition coefficient (Wildman–Crippen LogP) is 2.67. The van der Waals surface area contributed by atoms with E-state index >= 15 is 0 Å². The second kappa shape index (κ2) is 5.23. The number of benzene rings is 1. The van der Waals surface area contributed by atoms with Crippen LogP contribution in [0.1, 0.15) is 18.4 Å². The van der Waals surface area contributed by atoms with Gasteiger partial charge in [-0.3, -0.25) is 10.1 Å². The molecule has 0 amide bonds. The molecule has 1 aromatic carbocycles. The van der Waals surface area contributed by atoms with Crippen molar-refractivity contribution in [2.75, 3.05) is 11.4 Å². The van der Waals surface area contributed by atoms with E-state index in [-0.39, 0.29) is 5.69 Å². The van der Waals surface area contributed by atoms with E-state index in [0.29, 0.717) is 25.5 Å². The van der Waals surface area contributed by atoms with Gasteiger partial charge in [-0.05, 0) is 25.0 Å². The first-order valence-electron chi connectivity index (χ1n) is 6.07. The molecule has 0 aliphatic carbocycles. The molecule has 0 aromatic heterocycles. The Hall–Kier alpha value is -2.32. The van der Waals surface area contributed by atoms with Crippen LogP contribution in [0.15, 0.2) is 18.2 Å². The zero-order valence-electron chi connectivity index (χ0n) is 10.6. The minimum absolute atomic E-state index is 0.0258. The summed E-state index contributed by atoms with van der Waals surface area (Å²) in [6, 6.07) is 1.64. The summed E-state index contributed by atoms with van der Waals surface area (Å²) in [5.41, 5.74) is -2.39. The number of carboxylic acids is 1. The van der Waals surface area contributed by atoms with Gasteiger partial charge >= 0.3 is 12.1 Å². The lowest BCUT2D eigenvalue weighted by atomic mass is 10.1. The summed E-state index contributed by atoms with van der Waals surface area (Å²) in [6.07, 6.45) is -4.01. The van der Waals surface area contributed by atoms with Crippen molar-refractivity contribution in [3.8, 4) is 0 Å². The van der Waals surface area contributed by atoms with Gasteiger partial charge in [0.1, 0.15) is 11.6 Å². The highest BCUT2D eigenvalue weighted by atomic mass is 19.4. The molecular formula is C12H11F3N2O4. The zero-order chi connectivity index (χ0) is 15.8. The fourth-order valence-electron chi connectivity index (χ4n) is 2.42. The first kappa shape index (κ1) is 15.1. The predicted molar refractivity (Wildman–Crippen MR) is 66.1 cm³/mol. The molecule has 0 radical (unpaired) electrons. The zero-order valence-corrected chi connectivity index (χ0v) is 10.6. The largest absolute Gasteiger partial charge is 0.480 e. The quantitative estimate of drug-likeness (QED) is 0.685. The summed E-state index contributed by atoms with van der Waals surface area (Å²) in [7, 11) is 0. The Morgan fingerprint density at radius 3 is 2.62 bits per heavy atom. The molecule has 114 valence electrons. The molecule has 2 rings (SSSR count). The maximum atomic E-state index is 12.9. The number of rotatable bonds is 3. The number of nitro groups is 1. The van der Waals surface area contributed by atoms with Gasteiger partial charge < -0.3 is 10.0 Å². The second-order valence-electron chi connectivity index (χ2n) is 4.65. The van der Waals surface area contributed by atoms with Crippen LogP contribution >= 0.6 is 0 Å². The van der Waals surface area contributed by atoms with E-state index in [9.17, 15) is 28.1 Å². The Kier molecular flexibility index (Phi) is 3.75. The maximum Gasteiger partial charge on any atom is 0.423 e. The molecule has 1 heterocycles. The SMILES string of the molecule is O=C(O)C1CCCN1c1ccc([N+](=O)[O-])c(C(F)(F)F)c1. The summed E-state index contributed by atoms with van der Waals surface area (Å²) < 4.78 is 38.7. The summed E-state index contributed by atoms with van der Waals surface area (Å²) in [4.78, 5) is 22.0. The molecule has 0 saturated carbocycles. The van der Waals surface area contributed by atoms with Gasteiger partial charge in [0.25, 0.3) is 5.69 Å². The van der Waals surface area contributed by atoms with Gasteiger partial charge in [0.05, 0.1) is 4.92 Å². The van der Waals surface area contributed by atoms with Crippen LogP contribution in [0.2, 0.25) is 0 Å². The van der Waals surface area contributed by atoms with E-state index in [0.717, 1.165) is 12.1 Å². The van der Waals surface area contributed by atoms with Crippen LogP contribution in [0.3, 0.4) is 0 Å². The Morgan fingerprint density at radius 1 is 1.43 bits per heavy atom. The number of anilines is 1. The highest BCUT2D eigenvalue weighted by molar-refractivity contribution is 5.79. The minimum atomic E-state index is -4.88. The van der Waals surface area contributed by atoms with Crippen molar-refractivity contribution in [1.29, 1.82) is 0 Å². The van der Waals surface area contributed by atoms with Crippen LogP contribution in [-0.2, 0) is 11.0 Å². The number of hydrogen-bond acceptors (Lipinski definition) is 4. The van der Waals surface area contributed by atoms with E-state index in [1.807, 2.05) is 0 Å². The van der Waals surface area contributed by atoms with Crippen molar-refractivity contribution < 1.29 is 28.0 Å². The van der Waals surface area contributed by atoms with E-state index < -0.39 is 34.4 Å². The molecule has 1 aliphatic heterocycles. The molecule has 1 aliphatic rings. The monoisotopic (exact) mass is 304 g/mol. The summed E-state index contributed by atoms with van der Waals surface area (Å²) >= 11 is 0. The Bertz CT molecular complexity index is 588. The maximum absolute atomic E-state index is 12.9. The third-order valence-corrected chi connectivity index (χ3v) is 3.35. The number of aliphatic carboxylic acids is 1. The normalized spacial score (nSPS) is 18.8. The van der Waals surface area contributed by atoms with Crippen LogP contribution in [0, 0.1) is 10.1 Å². The van der Waals surface area contributed by atoms with Crippen molar-refractivity contribution in [3.05, 3.63) is 33.9 Å². The molecule has 1 aromatic rings. The average Bonchev–Trinajstić information content (AvgIpc) is 2.86. The Labute approximate surface area is 116 Å². The first-order chi connectivity index (χ1) is 9.71. The fourth-order valence-corrected chi connectivity index (χ4v) is 2.42. The number of nitro benzene ring substituents is 1. The number of carboxylic acid groups (broad SMARTS) is 1. The van der Waals surface area contributed by atoms with Crippen LogP contribution in [0.25, 0.3) is 0 Å². The molecule has 21 heavy (non-hydrogen) atoms. The van der Waals surface area contributed by atoms with Gasteiger partial charge in [0, 0.05) is 18.3 Å². The molecule has 1 N–H and O–H groups in total. The van der Waals surface area contributed by atoms with Crippen LogP contribution in [-0.4, -0.2) is 28.6 Å². The molecular weight excluding hydrogens is 293 g/mol.